The summed E-state index contributed by atoms with van der Waals surface area (Å²) in [5, 5.41) is 12.5. The van der Waals surface area contributed by atoms with E-state index in [9.17, 15) is 0 Å². The molecule has 96 valence electrons. The summed E-state index contributed by atoms with van der Waals surface area (Å²) in [4.78, 5) is 3.93. The molecule has 1 unspecified atom stereocenters. The average molecular weight is 254 g/mol. The highest BCUT2D eigenvalue weighted by atomic mass is 16.3. The Morgan fingerprint density at radius 2 is 2.37 bits per heavy atom. The van der Waals surface area contributed by atoms with E-state index in [-0.39, 0.29) is 11.9 Å². The number of fused-ring (bicyclic) bond motifs is 1. The van der Waals surface area contributed by atoms with Crippen LogP contribution in [0.2, 0.25) is 0 Å². The van der Waals surface area contributed by atoms with E-state index >= 15 is 0 Å². The molecule has 0 saturated heterocycles. The number of anilines is 2. The molecule has 0 amide bonds. The number of nitrogens with one attached hydrogen (secondary N) is 1. The minimum Gasteiger partial charge on any atom is -0.467 e. The molecule has 0 saturated carbocycles. The summed E-state index contributed by atoms with van der Waals surface area (Å²) in [6.07, 6.45) is 6.45. The van der Waals surface area contributed by atoms with Crippen LogP contribution in [-0.4, -0.2) is 4.98 Å². The van der Waals surface area contributed by atoms with Crippen molar-refractivity contribution in [3.63, 3.8) is 0 Å². The van der Waals surface area contributed by atoms with Crippen molar-refractivity contribution in [1.82, 2.24) is 4.98 Å². The van der Waals surface area contributed by atoms with Gasteiger partial charge in [-0.1, -0.05) is 0 Å². The highest BCUT2D eigenvalue weighted by Gasteiger charge is 2.24. The van der Waals surface area contributed by atoms with Gasteiger partial charge in [0.1, 0.15) is 23.2 Å². The maximum atomic E-state index is 9.15. The second-order valence-corrected chi connectivity index (χ2v) is 4.63. The molecule has 5 nitrogen and oxygen atoms in total. The lowest BCUT2D eigenvalue weighted by Crippen LogP contribution is -2.17. The van der Waals surface area contributed by atoms with Crippen molar-refractivity contribution in [1.29, 1.82) is 5.26 Å². The van der Waals surface area contributed by atoms with Gasteiger partial charge < -0.3 is 15.5 Å². The number of hydrogen-bond acceptors (Lipinski definition) is 5. The standard InChI is InChI=1S/C14H14N4O/c15-8-10-11(4-6-17-14(10)16)18-12-3-1-2-9-5-7-19-13(9)12/h4-7,12H,1-3H2,(H3,16,17,18). The molecule has 0 spiro atoms. The molecule has 0 aromatic carbocycles. The molecule has 3 N–H and O–H groups in total. The number of aromatic nitrogens is 1. The largest absolute Gasteiger partial charge is 0.467 e. The molecular weight excluding hydrogens is 240 g/mol. The van der Waals surface area contributed by atoms with Crippen LogP contribution in [0.3, 0.4) is 0 Å². The van der Waals surface area contributed by atoms with Gasteiger partial charge in [-0.25, -0.2) is 4.98 Å². The zero-order chi connectivity index (χ0) is 13.2. The Balaban J connectivity index is 1.92. The van der Waals surface area contributed by atoms with E-state index in [4.69, 9.17) is 15.4 Å². The SMILES string of the molecule is N#Cc1c(NC2CCCc3ccoc32)ccnc1N. The van der Waals surface area contributed by atoms with Crippen molar-refractivity contribution in [2.24, 2.45) is 0 Å². The van der Waals surface area contributed by atoms with E-state index in [1.807, 2.05) is 6.07 Å². The number of nitrogens with two attached hydrogens (primary N) is 1. The molecule has 0 radical (unpaired) electrons. The lowest BCUT2D eigenvalue weighted by molar-refractivity contribution is 0.438. The summed E-state index contributed by atoms with van der Waals surface area (Å²) >= 11 is 0. The molecule has 0 aliphatic heterocycles. The monoisotopic (exact) mass is 254 g/mol. The number of aryl methyl sites for hydroxylation is 1. The van der Waals surface area contributed by atoms with Gasteiger partial charge in [-0.15, -0.1) is 0 Å². The molecular formula is C14H14N4O. The summed E-state index contributed by atoms with van der Waals surface area (Å²) in [5.74, 6) is 1.22. The van der Waals surface area contributed by atoms with Crippen molar-refractivity contribution in [2.75, 3.05) is 11.1 Å². The van der Waals surface area contributed by atoms with Gasteiger partial charge in [0.25, 0.3) is 0 Å². The van der Waals surface area contributed by atoms with Crippen LogP contribution in [0.5, 0.6) is 0 Å². The minimum absolute atomic E-state index is 0.0904. The quantitative estimate of drug-likeness (QED) is 0.860. The molecule has 1 aliphatic rings. The summed E-state index contributed by atoms with van der Waals surface area (Å²) in [7, 11) is 0. The van der Waals surface area contributed by atoms with Crippen LogP contribution in [0.15, 0.2) is 29.0 Å². The number of hydrogen-bond donors (Lipinski definition) is 2. The Kier molecular flexibility index (Phi) is 2.84. The lowest BCUT2D eigenvalue weighted by atomic mass is 9.94. The maximum absolute atomic E-state index is 9.15. The maximum Gasteiger partial charge on any atom is 0.143 e. The number of rotatable bonds is 2. The van der Waals surface area contributed by atoms with E-state index in [1.165, 1.54) is 5.56 Å². The summed E-state index contributed by atoms with van der Waals surface area (Å²) in [6, 6.07) is 5.96. The predicted molar refractivity (Wildman–Crippen MR) is 71.4 cm³/mol. The van der Waals surface area contributed by atoms with E-state index in [1.54, 1.807) is 18.5 Å². The van der Waals surface area contributed by atoms with Crippen molar-refractivity contribution >= 4 is 11.5 Å². The van der Waals surface area contributed by atoms with Gasteiger partial charge in [-0.05, 0) is 37.0 Å². The zero-order valence-electron chi connectivity index (χ0n) is 10.4. The molecule has 2 aromatic heterocycles. The summed E-state index contributed by atoms with van der Waals surface area (Å²) in [6.45, 7) is 0. The van der Waals surface area contributed by atoms with Gasteiger partial charge in [0.15, 0.2) is 0 Å². The van der Waals surface area contributed by atoms with Gasteiger partial charge in [-0.3, -0.25) is 0 Å². The third kappa shape index (κ3) is 2.02. The van der Waals surface area contributed by atoms with Gasteiger partial charge in [0, 0.05) is 6.20 Å². The Bertz CT molecular complexity index is 641. The normalized spacial score (nSPS) is 17.5. The first-order valence-corrected chi connectivity index (χ1v) is 6.27. The van der Waals surface area contributed by atoms with E-state index in [0.717, 1.165) is 25.0 Å². The molecule has 5 heteroatoms. The number of nitrogen functional groups attached to an aromatic ring is 1. The Morgan fingerprint density at radius 1 is 1.47 bits per heavy atom. The summed E-state index contributed by atoms with van der Waals surface area (Å²) < 4.78 is 5.55. The minimum atomic E-state index is 0.0904. The first kappa shape index (κ1) is 11.6. The number of nitrogens with zero attached hydrogens (tertiary/aromatic N) is 2. The third-order valence-electron chi connectivity index (χ3n) is 3.46. The first-order chi connectivity index (χ1) is 9.29. The molecule has 3 rings (SSSR count). The Labute approximate surface area is 111 Å². The van der Waals surface area contributed by atoms with E-state index in [2.05, 4.69) is 16.4 Å². The number of furan rings is 1. The summed E-state index contributed by atoms with van der Waals surface area (Å²) in [5.41, 5.74) is 8.06. The van der Waals surface area contributed by atoms with Crippen LogP contribution < -0.4 is 11.1 Å². The van der Waals surface area contributed by atoms with Gasteiger partial charge >= 0.3 is 0 Å². The second-order valence-electron chi connectivity index (χ2n) is 4.63. The van der Waals surface area contributed by atoms with Gasteiger partial charge in [0.05, 0.1) is 18.0 Å². The fraction of sp³-hybridized carbons (Fsp3) is 0.286. The molecule has 0 fully saturated rings. The average Bonchev–Trinajstić information content (AvgIpc) is 2.88. The Hall–Kier alpha value is -2.48. The highest BCUT2D eigenvalue weighted by molar-refractivity contribution is 5.66. The van der Waals surface area contributed by atoms with Crippen molar-refractivity contribution in [2.45, 2.75) is 25.3 Å². The van der Waals surface area contributed by atoms with Crippen LogP contribution in [0, 0.1) is 11.3 Å². The predicted octanol–water partition coefficient (Wildman–Crippen LogP) is 2.62. The molecule has 1 atom stereocenters. The second kappa shape index (κ2) is 4.65. The van der Waals surface area contributed by atoms with Crippen molar-refractivity contribution in [3.05, 3.63) is 41.5 Å². The van der Waals surface area contributed by atoms with Crippen LogP contribution >= 0.6 is 0 Å². The fourth-order valence-electron chi connectivity index (χ4n) is 2.53. The van der Waals surface area contributed by atoms with Crippen LogP contribution in [0.1, 0.15) is 35.8 Å². The Morgan fingerprint density at radius 3 is 3.21 bits per heavy atom. The van der Waals surface area contributed by atoms with Crippen LogP contribution in [0.25, 0.3) is 0 Å². The topological polar surface area (TPSA) is 87.9 Å². The highest BCUT2D eigenvalue weighted by Crippen LogP contribution is 2.34. The van der Waals surface area contributed by atoms with Gasteiger partial charge in [-0.2, -0.15) is 5.26 Å². The van der Waals surface area contributed by atoms with Crippen molar-refractivity contribution < 1.29 is 4.42 Å². The number of nitriles is 1. The molecule has 0 bridgehead atoms. The smallest absolute Gasteiger partial charge is 0.143 e. The number of pyridine rings is 1. The van der Waals surface area contributed by atoms with Crippen LogP contribution in [-0.2, 0) is 6.42 Å². The molecule has 19 heavy (non-hydrogen) atoms. The van der Waals surface area contributed by atoms with Crippen LogP contribution in [0.4, 0.5) is 11.5 Å². The zero-order valence-corrected chi connectivity index (χ0v) is 10.4. The first-order valence-electron chi connectivity index (χ1n) is 6.27. The fourth-order valence-corrected chi connectivity index (χ4v) is 2.53. The van der Waals surface area contributed by atoms with Gasteiger partial charge in [0.2, 0.25) is 0 Å². The lowest BCUT2D eigenvalue weighted by Gasteiger charge is -2.23. The molecule has 1 aliphatic carbocycles. The molecule has 2 aromatic rings. The van der Waals surface area contributed by atoms with E-state index in [0.29, 0.717) is 11.3 Å². The molecule has 2 heterocycles. The third-order valence-corrected chi connectivity index (χ3v) is 3.46. The van der Waals surface area contributed by atoms with E-state index < -0.39 is 0 Å². The van der Waals surface area contributed by atoms with Crippen molar-refractivity contribution in [3.8, 4) is 6.07 Å².